The fourth-order valence-electron chi connectivity index (χ4n) is 3.69. The first kappa shape index (κ1) is 17.3. The van der Waals surface area contributed by atoms with Crippen molar-refractivity contribution in [3.05, 3.63) is 0 Å². The third kappa shape index (κ3) is 4.45. The normalized spacial score (nSPS) is 27.4. The topological polar surface area (TPSA) is 52.7 Å². The maximum absolute atomic E-state index is 12.5. The van der Waals surface area contributed by atoms with Crippen molar-refractivity contribution < 1.29 is 9.59 Å². The van der Waals surface area contributed by atoms with Crippen LogP contribution in [0.1, 0.15) is 45.4 Å². The second-order valence-electron chi connectivity index (χ2n) is 7.08. The molecule has 0 aromatic heterocycles. The third-order valence-electron chi connectivity index (χ3n) is 5.49. The van der Waals surface area contributed by atoms with E-state index in [4.69, 9.17) is 0 Å². The molecule has 1 saturated heterocycles. The Labute approximate surface area is 134 Å². The Hall–Kier alpha value is -1.10. The summed E-state index contributed by atoms with van der Waals surface area (Å²) in [6.07, 6.45) is 6.47. The van der Waals surface area contributed by atoms with Crippen molar-refractivity contribution in [1.82, 2.24) is 15.1 Å². The van der Waals surface area contributed by atoms with Gasteiger partial charge in [0.15, 0.2) is 0 Å². The molecular formula is C17H31N3O2. The van der Waals surface area contributed by atoms with Crippen molar-refractivity contribution in [2.75, 3.05) is 33.7 Å². The molecule has 2 fully saturated rings. The Morgan fingerprint density at radius 1 is 1.09 bits per heavy atom. The van der Waals surface area contributed by atoms with E-state index in [1.807, 2.05) is 11.9 Å². The van der Waals surface area contributed by atoms with Gasteiger partial charge in [-0.05, 0) is 57.5 Å². The summed E-state index contributed by atoms with van der Waals surface area (Å²) in [6, 6.07) is 0.423. The average molecular weight is 309 g/mol. The van der Waals surface area contributed by atoms with Gasteiger partial charge in [0.05, 0.1) is 6.54 Å². The van der Waals surface area contributed by atoms with Gasteiger partial charge in [-0.15, -0.1) is 0 Å². The van der Waals surface area contributed by atoms with E-state index >= 15 is 0 Å². The minimum absolute atomic E-state index is 0.119. The highest BCUT2D eigenvalue weighted by atomic mass is 16.2. The monoisotopic (exact) mass is 309 g/mol. The second-order valence-corrected chi connectivity index (χ2v) is 7.08. The Morgan fingerprint density at radius 3 is 2.23 bits per heavy atom. The lowest BCUT2D eigenvalue weighted by Gasteiger charge is -2.36. The molecule has 0 radical (unpaired) electrons. The van der Waals surface area contributed by atoms with Crippen molar-refractivity contribution in [1.29, 1.82) is 0 Å². The first-order valence-corrected chi connectivity index (χ1v) is 8.71. The van der Waals surface area contributed by atoms with Crippen LogP contribution >= 0.6 is 0 Å². The summed E-state index contributed by atoms with van der Waals surface area (Å²) in [7, 11) is 3.65. The summed E-state index contributed by atoms with van der Waals surface area (Å²) >= 11 is 0. The van der Waals surface area contributed by atoms with Gasteiger partial charge in [0.25, 0.3) is 0 Å². The number of likely N-dealkylation sites (tertiary alicyclic amines) is 1. The average Bonchev–Trinajstić information content (AvgIpc) is 2.54. The van der Waals surface area contributed by atoms with Crippen molar-refractivity contribution in [3.63, 3.8) is 0 Å². The molecule has 5 heteroatoms. The number of piperidine rings is 1. The highest BCUT2D eigenvalue weighted by molar-refractivity contribution is 5.79. The molecule has 1 heterocycles. The third-order valence-corrected chi connectivity index (χ3v) is 5.49. The molecule has 0 spiro atoms. The quantitative estimate of drug-likeness (QED) is 0.856. The number of rotatable bonds is 4. The summed E-state index contributed by atoms with van der Waals surface area (Å²) < 4.78 is 0. The lowest BCUT2D eigenvalue weighted by atomic mass is 9.87. The van der Waals surface area contributed by atoms with Crippen LogP contribution in [0, 0.1) is 11.8 Å². The number of hydrogen-bond acceptors (Lipinski definition) is 3. The van der Waals surface area contributed by atoms with Gasteiger partial charge in [0.1, 0.15) is 0 Å². The van der Waals surface area contributed by atoms with Crippen LogP contribution in [0.5, 0.6) is 0 Å². The zero-order valence-corrected chi connectivity index (χ0v) is 14.3. The summed E-state index contributed by atoms with van der Waals surface area (Å²) in [5, 5.41) is 2.72. The van der Waals surface area contributed by atoms with Crippen LogP contribution in [0.4, 0.5) is 0 Å². The van der Waals surface area contributed by atoms with E-state index < -0.39 is 0 Å². The van der Waals surface area contributed by atoms with Crippen LogP contribution in [-0.4, -0.2) is 61.4 Å². The van der Waals surface area contributed by atoms with Crippen LogP contribution in [0.3, 0.4) is 0 Å². The molecule has 0 unspecified atom stereocenters. The zero-order valence-electron chi connectivity index (χ0n) is 14.3. The lowest BCUT2D eigenvalue weighted by molar-refractivity contribution is -0.134. The number of likely N-dealkylation sites (N-methyl/N-ethyl adjacent to an activating group) is 1. The van der Waals surface area contributed by atoms with Crippen LogP contribution in [0.15, 0.2) is 0 Å². The summed E-state index contributed by atoms with van der Waals surface area (Å²) in [5.74, 6) is 1.30. The molecule has 0 aromatic rings. The van der Waals surface area contributed by atoms with E-state index in [1.54, 1.807) is 7.05 Å². The second kappa shape index (κ2) is 7.95. The molecule has 5 nitrogen and oxygen atoms in total. The molecule has 22 heavy (non-hydrogen) atoms. The van der Waals surface area contributed by atoms with Gasteiger partial charge in [-0.25, -0.2) is 0 Å². The first-order valence-electron chi connectivity index (χ1n) is 8.71. The minimum atomic E-state index is 0.119. The Balaban J connectivity index is 1.74. The predicted octanol–water partition coefficient (Wildman–Crippen LogP) is 1.48. The Kier molecular flexibility index (Phi) is 6.24. The molecule has 0 bridgehead atoms. The maximum atomic E-state index is 12.5. The molecule has 1 aliphatic carbocycles. The maximum Gasteiger partial charge on any atom is 0.236 e. The standard InChI is InChI=1S/C17H31N3O2/c1-13-4-6-15(7-5-13)19(3)16(21)12-20-10-8-14(9-11-20)17(22)18-2/h13-15H,4-12H2,1-3H3,(H,18,22). The molecule has 2 rings (SSSR count). The van der Waals surface area contributed by atoms with E-state index in [1.165, 1.54) is 12.8 Å². The number of hydrogen-bond donors (Lipinski definition) is 1. The molecule has 0 aromatic carbocycles. The smallest absolute Gasteiger partial charge is 0.236 e. The fourth-order valence-corrected chi connectivity index (χ4v) is 3.69. The highest BCUT2D eigenvalue weighted by Crippen LogP contribution is 2.26. The molecular weight excluding hydrogens is 278 g/mol. The Morgan fingerprint density at radius 2 is 1.68 bits per heavy atom. The van der Waals surface area contributed by atoms with Gasteiger partial charge >= 0.3 is 0 Å². The fraction of sp³-hybridized carbons (Fsp3) is 0.882. The summed E-state index contributed by atoms with van der Waals surface area (Å²) in [4.78, 5) is 28.3. The van der Waals surface area contributed by atoms with Crippen molar-refractivity contribution >= 4 is 11.8 Å². The zero-order chi connectivity index (χ0) is 16.1. The lowest BCUT2D eigenvalue weighted by Crippen LogP contribution is -2.47. The van der Waals surface area contributed by atoms with Gasteiger partial charge in [-0.1, -0.05) is 6.92 Å². The molecule has 0 atom stereocenters. The van der Waals surface area contributed by atoms with E-state index in [0.717, 1.165) is 44.7 Å². The number of amides is 2. The minimum Gasteiger partial charge on any atom is -0.359 e. The van der Waals surface area contributed by atoms with E-state index in [0.29, 0.717) is 12.6 Å². The van der Waals surface area contributed by atoms with Crippen molar-refractivity contribution in [2.45, 2.75) is 51.5 Å². The van der Waals surface area contributed by atoms with Crippen molar-refractivity contribution in [2.24, 2.45) is 11.8 Å². The van der Waals surface area contributed by atoms with E-state index in [-0.39, 0.29) is 17.7 Å². The largest absolute Gasteiger partial charge is 0.359 e. The van der Waals surface area contributed by atoms with Gasteiger partial charge in [0.2, 0.25) is 11.8 Å². The molecule has 1 saturated carbocycles. The molecule has 2 amide bonds. The number of carbonyl (C=O) groups is 2. The van der Waals surface area contributed by atoms with E-state index in [9.17, 15) is 9.59 Å². The van der Waals surface area contributed by atoms with E-state index in [2.05, 4.69) is 17.1 Å². The molecule has 1 N–H and O–H groups in total. The van der Waals surface area contributed by atoms with Crippen LogP contribution in [0.2, 0.25) is 0 Å². The highest BCUT2D eigenvalue weighted by Gasteiger charge is 2.28. The van der Waals surface area contributed by atoms with Gasteiger partial charge in [0, 0.05) is 26.1 Å². The first-order chi connectivity index (χ1) is 10.5. The summed E-state index contributed by atoms with van der Waals surface area (Å²) in [5.41, 5.74) is 0. The van der Waals surface area contributed by atoms with Gasteiger partial charge in [-0.3, -0.25) is 14.5 Å². The molecule has 126 valence electrons. The van der Waals surface area contributed by atoms with Gasteiger partial charge in [-0.2, -0.15) is 0 Å². The SMILES string of the molecule is CNC(=O)C1CCN(CC(=O)N(C)C2CCC(C)CC2)CC1. The Bertz CT molecular complexity index is 383. The van der Waals surface area contributed by atoms with Gasteiger partial charge < -0.3 is 10.2 Å². The van der Waals surface area contributed by atoms with Crippen molar-refractivity contribution in [3.8, 4) is 0 Å². The number of nitrogens with one attached hydrogen (secondary N) is 1. The van der Waals surface area contributed by atoms with Crippen LogP contribution in [0.25, 0.3) is 0 Å². The molecule has 1 aliphatic heterocycles. The van der Waals surface area contributed by atoms with Crippen LogP contribution < -0.4 is 5.32 Å². The molecule has 2 aliphatic rings. The summed E-state index contributed by atoms with van der Waals surface area (Å²) in [6.45, 7) is 4.50. The number of carbonyl (C=O) groups excluding carboxylic acids is 2. The number of nitrogens with zero attached hydrogens (tertiary/aromatic N) is 2. The van der Waals surface area contributed by atoms with Crippen LogP contribution in [-0.2, 0) is 9.59 Å². The predicted molar refractivity (Wildman–Crippen MR) is 87.4 cm³/mol.